The van der Waals surface area contributed by atoms with Crippen LogP contribution < -0.4 is 0 Å². The normalized spacial score (nSPS) is 15.1. The summed E-state index contributed by atoms with van der Waals surface area (Å²) >= 11 is 22.5. The van der Waals surface area contributed by atoms with Gasteiger partial charge in [-0.3, -0.25) is 9.59 Å². The fourth-order valence-electron chi connectivity index (χ4n) is 0.406. The maximum Gasteiger partial charge on any atom is 0.240 e. The van der Waals surface area contributed by atoms with Crippen LogP contribution >= 0.6 is 58.2 Å². The first-order chi connectivity index (χ1) is 5.95. The van der Waals surface area contributed by atoms with E-state index in [1.165, 1.54) is 11.8 Å². The van der Waals surface area contributed by atoms with Gasteiger partial charge < -0.3 is 0 Å². The van der Waals surface area contributed by atoms with Gasteiger partial charge in [0.05, 0.1) is 0 Å². The highest BCUT2D eigenvalue weighted by Gasteiger charge is 2.16. The molecule has 13 heavy (non-hydrogen) atoms. The van der Waals surface area contributed by atoms with Gasteiger partial charge in [0.1, 0.15) is 10.8 Å². The average Bonchev–Trinajstić information content (AvgIpc) is 2.03. The molecular weight excluding hydrogens is 278 g/mol. The predicted octanol–water partition coefficient (Wildman–Crippen LogP) is 2.47. The number of hydrogen-bond acceptors (Lipinski definition) is 3. The van der Waals surface area contributed by atoms with Crippen LogP contribution in [0.15, 0.2) is 0 Å². The van der Waals surface area contributed by atoms with E-state index in [0.717, 1.165) is 0 Å². The van der Waals surface area contributed by atoms with Gasteiger partial charge in [0, 0.05) is 11.5 Å². The lowest BCUT2D eigenvalue weighted by Gasteiger charge is -2.05. The molecule has 0 fully saturated rings. The van der Waals surface area contributed by atoms with E-state index < -0.39 is 21.2 Å². The SMILES string of the molecule is O=C(Cl)C(Cl)CSCC(Cl)C(=O)Cl. The Morgan fingerprint density at radius 1 is 1.00 bits per heavy atom. The highest BCUT2D eigenvalue weighted by Crippen LogP contribution is 2.15. The Hall–Kier alpha value is 0.850. The first-order valence-electron chi connectivity index (χ1n) is 3.19. The second kappa shape index (κ2) is 7.18. The number of carbonyl (C=O) groups excluding carboxylic acids is 2. The van der Waals surface area contributed by atoms with Crippen LogP contribution in [0, 0.1) is 0 Å². The molecule has 0 saturated carbocycles. The minimum absolute atomic E-state index is 0.317. The van der Waals surface area contributed by atoms with Crippen LogP contribution in [0.5, 0.6) is 0 Å². The Labute approximate surface area is 100 Å². The van der Waals surface area contributed by atoms with Gasteiger partial charge in [0.15, 0.2) is 0 Å². The lowest BCUT2D eigenvalue weighted by atomic mass is 10.5. The molecular formula is C6H6Cl4O2S. The minimum atomic E-state index is -0.749. The van der Waals surface area contributed by atoms with Crippen molar-refractivity contribution in [2.75, 3.05) is 11.5 Å². The summed E-state index contributed by atoms with van der Waals surface area (Å²) in [5, 5.41) is -2.73. The Kier molecular flexibility index (Phi) is 7.65. The molecule has 2 nitrogen and oxygen atoms in total. The summed E-state index contributed by atoms with van der Waals surface area (Å²) in [6.07, 6.45) is 0. The molecule has 0 aromatic heterocycles. The third-order valence-corrected chi connectivity index (χ3v) is 3.98. The maximum absolute atomic E-state index is 10.4. The molecule has 0 heterocycles. The summed E-state index contributed by atoms with van der Waals surface area (Å²) in [5.74, 6) is 0.633. The van der Waals surface area contributed by atoms with Crippen molar-refractivity contribution in [1.82, 2.24) is 0 Å². The number of carbonyl (C=O) groups is 2. The summed E-state index contributed by atoms with van der Waals surface area (Å²) in [4.78, 5) is 20.9. The average molecular weight is 284 g/mol. The third kappa shape index (κ3) is 6.86. The van der Waals surface area contributed by atoms with Crippen molar-refractivity contribution in [3.63, 3.8) is 0 Å². The van der Waals surface area contributed by atoms with Gasteiger partial charge in [-0.2, -0.15) is 11.8 Å². The molecule has 0 aromatic rings. The van der Waals surface area contributed by atoms with Crippen molar-refractivity contribution in [2.24, 2.45) is 0 Å². The van der Waals surface area contributed by atoms with E-state index in [9.17, 15) is 9.59 Å². The van der Waals surface area contributed by atoms with E-state index in [1.54, 1.807) is 0 Å². The molecule has 0 aliphatic rings. The number of rotatable bonds is 6. The van der Waals surface area contributed by atoms with Gasteiger partial charge in [-0.1, -0.05) is 0 Å². The molecule has 0 saturated heterocycles. The predicted molar refractivity (Wildman–Crippen MR) is 58.3 cm³/mol. The van der Waals surface area contributed by atoms with Crippen molar-refractivity contribution < 1.29 is 9.59 Å². The van der Waals surface area contributed by atoms with Gasteiger partial charge in [0.25, 0.3) is 0 Å². The number of hydrogen-bond donors (Lipinski definition) is 0. The Morgan fingerprint density at radius 2 is 1.31 bits per heavy atom. The molecule has 0 rings (SSSR count). The topological polar surface area (TPSA) is 34.1 Å². The molecule has 2 unspecified atom stereocenters. The summed E-state index contributed by atoms with van der Waals surface area (Å²) in [5.41, 5.74) is 0. The molecule has 0 N–H and O–H groups in total. The van der Waals surface area contributed by atoms with E-state index in [2.05, 4.69) is 0 Å². The van der Waals surface area contributed by atoms with E-state index in [-0.39, 0.29) is 0 Å². The number of thioether (sulfide) groups is 1. The zero-order chi connectivity index (χ0) is 10.4. The standard InChI is InChI=1S/C6H6Cl4O2S/c7-3(5(9)11)1-13-2-4(8)6(10)12/h3-4H,1-2H2. The largest absolute Gasteiger partial charge is 0.280 e. The number of halogens is 4. The molecule has 0 aliphatic carbocycles. The fraction of sp³-hybridized carbons (Fsp3) is 0.667. The summed E-state index contributed by atoms with van der Waals surface area (Å²) in [6, 6.07) is 0. The summed E-state index contributed by atoms with van der Waals surface area (Å²) < 4.78 is 0. The van der Waals surface area contributed by atoms with Crippen molar-refractivity contribution in [1.29, 1.82) is 0 Å². The molecule has 0 bridgehead atoms. The molecule has 0 radical (unpaired) electrons. The first-order valence-corrected chi connectivity index (χ1v) is 5.98. The molecule has 0 spiro atoms. The molecule has 76 valence electrons. The van der Waals surface area contributed by atoms with Crippen LogP contribution in [-0.2, 0) is 9.59 Å². The van der Waals surface area contributed by atoms with Crippen LogP contribution in [0.3, 0.4) is 0 Å². The van der Waals surface area contributed by atoms with Crippen LogP contribution in [0.25, 0.3) is 0 Å². The smallest absolute Gasteiger partial charge is 0.240 e. The summed E-state index contributed by atoms with van der Waals surface area (Å²) in [7, 11) is 0. The Balaban J connectivity index is 3.56. The van der Waals surface area contributed by atoms with Gasteiger partial charge in [-0.25, -0.2) is 0 Å². The van der Waals surface area contributed by atoms with Gasteiger partial charge >= 0.3 is 0 Å². The molecule has 0 aromatic carbocycles. The fourth-order valence-corrected chi connectivity index (χ4v) is 2.13. The second-order valence-electron chi connectivity index (χ2n) is 2.08. The van der Waals surface area contributed by atoms with Crippen LogP contribution in [-0.4, -0.2) is 32.7 Å². The van der Waals surface area contributed by atoms with Gasteiger partial charge in [0.2, 0.25) is 10.5 Å². The zero-order valence-electron chi connectivity index (χ0n) is 6.31. The quantitative estimate of drug-likeness (QED) is 0.555. The highest BCUT2D eigenvalue weighted by molar-refractivity contribution is 7.99. The van der Waals surface area contributed by atoms with Crippen molar-refractivity contribution in [3.8, 4) is 0 Å². The zero-order valence-corrected chi connectivity index (χ0v) is 10.1. The lowest BCUT2D eigenvalue weighted by Crippen LogP contribution is -2.15. The minimum Gasteiger partial charge on any atom is -0.280 e. The van der Waals surface area contributed by atoms with E-state index >= 15 is 0 Å². The molecule has 7 heteroatoms. The second-order valence-corrected chi connectivity index (χ2v) is 4.95. The van der Waals surface area contributed by atoms with Crippen LogP contribution in [0.4, 0.5) is 0 Å². The monoisotopic (exact) mass is 282 g/mol. The van der Waals surface area contributed by atoms with E-state index in [0.29, 0.717) is 11.5 Å². The van der Waals surface area contributed by atoms with Gasteiger partial charge in [-0.05, 0) is 23.2 Å². The molecule has 0 aliphatic heterocycles. The third-order valence-electron chi connectivity index (χ3n) is 1.02. The van der Waals surface area contributed by atoms with Gasteiger partial charge in [-0.15, -0.1) is 23.2 Å². The van der Waals surface area contributed by atoms with Crippen LogP contribution in [0.2, 0.25) is 0 Å². The van der Waals surface area contributed by atoms with Crippen molar-refractivity contribution >= 4 is 68.7 Å². The van der Waals surface area contributed by atoms with Crippen molar-refractivity contribution in [3.05, 3.63) is 0 Å². The van der Waals surface area contributed by atoms with E-state index in [4.69, 9.17) is 46.4 Å². The van der Waals surface area contributed by atoms with Crippen LogP contribution in [0.1, 0.15) is 0 Å². The Bertz CT molecular complexity index is 179. The molecule has 0 amide bonds. The highest BCUT2D eigenvalue weighted by atomic mass is 35.5. The summed E-state index contributed by atoms with van der Waals surface area (Å²) in [6.45, 7) is 0. The van der Waals surface area contributed by atoms with E-state index in [1.807, 2.05) is 0 Å². The Morgan fingerprint density at radius 3 is 1.54 bits per heavy atom. The first kappa shape index (κ1) is 13.8. The number of alkyl halides is 2. The van der Waals surface area contributed by atoms with Crippen molar-refractivity contribution in [2.45, 2.75) is 10.8 Å². The lowest BCUT2D eigenvalue weighted by molar-refractivity contribution is -0.111. The maximum atomic E-state index is 10.4. The molecule has 2 atom stereocenters.